The maximum absolute atomic E-state index is 13.1. The molecular weight excluding hydrogens is 348 g/mol. The smallest absolute Gasteiger partial charge is 0.438 e. The molecule has 1 atom stereocenters. The Kier molecular flexibility index (Phi) is 4.05. The van der Waals surface area contributed by atoms with Crippen LogP contribution in [-0.2, 0) is 0 Å². The second-order valence-electron chi connectivity index (χ2n) is 4.73. The number of aliphatic hydroxyl groups is 1. The Morgan fingerprint density at radius 1 is 1.36 bits per heavy atom. The van der Waals surface area contributed by atoms with Gasteiger partial charge < -0.3 is 10.2 Å². The van der Waals surface area contributed by atoms with E-state index in [0.29, 0.717) is 0 Å². The van der Waals surface area contributed by atoms with Crippen LogP contribution in [0.2, 0.25) is 10.0 Å². The van der Waals surface area contributed by atoms with E-state index < -0.39 is 30.0 Å². The lowest BCUT2D eigenvalue weighted by molar-refractivity contribution is -0.297. The molecule has 1 aromatic carbocycles. The van der Waals surface area contributed by atoms with Crippen LogP contribution < -0.4 is 0 Å². The Balaban J connectivity index is 2.48. The van der Waals surface area contributed by atoms with E-state index in [1.165, 1.54) is 6.92 Å². The van der Waals surface area contributed by atoms with Crippen molar-refractivity contribution in [2.75, 3.05) is 0 Å². The van der Waals surface area contributed by atoms with Crippen molar-refractivity contribution < 1.29 is 28.2 Å². The van der Waals surface area contributed by atoms with Crippen molar-refractivity contribution in [3.8, 4) is 5.75 Å². The SMILES string of the molecule is CC1=NN(C(=O)c2cc(Cl)c(O)c(Cl)c2)[C@@](O)(C(F)(F)F)C1. The second-order valence-corrected chi connectivity index (χ2v) is 5.55. The summed E-state index contributed by atoms with van der Waals surface area (Å²) in [5, 5.41) is 22.0. The zero-order valence-electron chi connectivity index (χ0n) is 10.9. The molecule has 0 aliphatic carbocycles. The average molecular weight is 357 g/mol. The number of phenolic OH excluding ortho intramolecular Hbond substituents is 1. The standard InChI is InChI=1S/C12H9Cl2F3N2O3/c1-5-4-11(22,12(15,16)17)19(18-5)10(21)6-2-7(13)9(20)8(14)3-6/h2-3,20,22H,4H2,1H3/t11-/m0/s1. The molecule has 1 aromatic rings. The van der Waals surface area contributed by atoms with Crippen molar-refractivity contribution in [3.05, 3.63) is 27.7 Å². The van der Waals surface area contributed by atoms with Crippen LogP contribution in [0.15, 0.2) is 17.2 Å². The summed E-state index contributed by atoms with van der Waals surface area (Å²) in [6.45, 7) is 1.25. The van der Waals surface area contributed by atoms with Gasteiger partial charge in [0, 0.05) is 17.7 Å². The molecule has 1 amide bonds. The number of phenols is 1. The maximum Gasteiger partial charge on any atom is 0.438 e. The van der Waals surface area contributed by atoms with E-state index in [4.69, 9.17) is 23.2 Å². The molecule has 0 unspecified atom stereocenters. The number of carbonyl (C=O) groups is 1. The van der Waals surface area contributed by atoms with E-state index in [1.807, 2.05) is 0 Å². The molecule has 0 fully saturated rings. The molecule has 1 heterocycles. The molecule has 0 saturated heterocycles. The lowest BCUT2D eigenvalue weighted by Gasteiger charge is -2.32. The zero-order chi connectivity index (χ0) is 16.9. The van der Waals surface area contributed by atoms with Gasteiger partial charge in [0.2, 0.25) is 0 Å². The van der Waals surface area contributed by atoms with Gasteiger partial charge in [-0.1, -0.05) is 23.2 Å². The third-order valence-corrected chi connectivity index (χ3v) is 3.61. The Bertz CT molecular complexity index is 655. The van der Waals surface area contributed by atoms with Gasteiger partial charge in [-0.2, -0.15) is 23.3 Å². The van der Waals surface area contributed by atoms with Gasteiger partial charge in [0.25, 0.3) is 11.6 Å². The number of nitrogens with zero attached hydrogens (tertiary/aromatic N) is 2. The minimum Gasteiger partial charge on any atom is -0.505 e. The van der Waals surface area contributed by atoms with E-state index in [-0.39, 0.29) is 26.3 Å². The summed E-state index contributed by atoms with van der Waals surface area (Å²) in [6.07, 6.45) is -5.96. The summed E-state index contributed by atoms with van der Waals surface area (Å²) in [6, 6.07) is 1.87. The molecule has 5 nitrogen and oxygen atoms in total. The molecule has 120 valence electrons. The highest BCUT2D eigenvalue weighted by molar-refractivity contribution is 6.37. The van der Waals surface area contributed by atoms with Crippen LogP contribution in [0.1, 0.15) is 23.7 Å². The van der Waals surface area contributed by atoms with Gasteiger partial charge in [-0.05, 0) is 19.1 Å². The van der Waals surface area contributed by atoms with Crippen LogP contribution in [0.25, 0.3) is 0 Å². The van der Waals surface area contributed by atoms with Gasteiger partial charge in [-0.3, -0.25) is 4.79 Å². The van der Waals surface area contributed by atoms with Crippen molar-refractivity contribution in [1.29, 1.82) is 0 Å². The maximum atomic E-state index is 13.1. The summed E-state index contributed by atoms with van der Waals surface area (Å²) in [7, 11) is 0. The summed E-state index contributed by atoms with van der Waals surface area (Å²) >= 11 is 11.3. The van der Waals surface area contributed by atoms with E-state index in [1.54, 1.807) is 0 Å². The van der Waals surface area contributed by atoms with Crippen molar-refractivity contribution in [2.24, 2.45) is 5.10 Å². The third-order valence-electron chi connectivity index (χ3n) is 3.03. The molecule has 10 heteroatoms. The molecular formula is C12H9Cl2F3N2O3. The fourth-order valence-corrected chi connectivity index (χ4v) is 2.45. The number of rotatable bonds is 1. The first-order valence-electron chi connectivity index (χ1n) is 5.83. The number of benzene rings is 1. The number of alkyl halides is 3. The van der Waals surface area contributed by atoms with Crippen molar-refractivity contribution >= 4 is 34.8 Å². The highest BCUT2D eigenvalue weighted by Gasteiger charge is 2.62. The largest absolute Gasteiger partial charge is 0.505 e. The molecule has 1 aliphatic heterocycles. The topological polar surface area (TPSA) is 73.1 Å². The second kappa shape index (κ2) is 5.29. The number of amides is 1. The lowest BCUT2D eigenvalue weighted by atomic mass is 10.1. The fourth-order valence-electron chi connectivity index (χ4n) is 1.97. The molecule has 0 radical (unpaired) electrons. The quantitative estimate of drug-likeness (QED) is 0.811. The molecule has 0 spiro atoms. The summed E-state index contributed by atoms with van der Waals surface area (Å²) < 4.78 is 39.2. The molecule has 22 heavy (non-hydrogen) atoms. The fraction of sp³-hybridized carbons (Fsp3) is 0.333. The lowest BCUT2D eigenvalue weighted by Crippen LogP contribution is -2.56. The highest BCUT2D eigenvalue weighted by Crippen LogP contribution is 2.41. The monoisotopic (exact) mass is 356 g/mol. The van der Waals surface area contributed by atoms with Crippen LogP contribution in [0, 0.1) is 0 Å². The predicted molar refractivity (Wildman–Crippen MR) is 73.0 cm³/mol. The van der Waals surface area contributed by atoms with E-state index in [0.717, 1.165) is 12.1 Å². The summed E-state index contributed by atoms with van der Waals surface area (Å²) in [5.74, 6) is -1.76. The Labute approximate surface area is 132 Å². The summed E-state index contributed by atoms with van der Waals surface area (Å²) in [4.78, 5) is 12.2. The molecule has 2 rings (SSSR count). The van der Waals surface area contributed by atoms with Crippen LogP contribution in [0.4, 0.5) is 13.2 Å². The van der Waals surface area contributed by atoms with Gasteiger partial charge in [-0.25, -0.2) is 0 Å². The molecule has 1 aliphatic rings. The number of halogens is 5. The van der Waals surface area contributed by atoms with Gasteiger partial charge in [-0.15, -0.1) is 0 Å². The number of hydrazone groups is 1. The van der Waals surface area contributed by atoms with Gasteiger partial charge >= 0.3 is 6.18 Å². The van der Waals surface area contributed by atoms with E-state index in [2.05, 4.69) is 5.10 Å². The van der Waals surface area contributed by atoms with E-state index >= 15 is 0 Å². The average Bonchev–Trinajstić information content (AvgIpc) is 2.70. The van der Waals surface area contributed by atoms with Gasteiger partial charge in [0.15, 0.2) is 5.75 Å². The highest BCUT2D eigenvalue weighted by atomic mass is 35.5. The molecule has 0 aromatic heterocycles. The molecule has 2 N–H and O–H groups in total. The zero-order valence-corrected chi connectivity index (χ0v) is 12.5. The van der Waals surface area contributed by atoms with Gasteiger partial charge in [0.05, 0.1) is 10.0 Å². The van der Waals surface area contributed by atoms with Crippen LogP contribution in [-0.4, -0.2) is 38.7 Å². The van der Waals surface area contributed by atoms with Crippen molar-refractivity contribution in [1.82, 2.24) is 5.01 Å². The van der Waals surface area contributed by atoms with Crippen LogP contribution in [0.3, 0.4) is 0 Å². The first-order chi connectivity index (χ1) is 9.97. The predicted octanol–water partition coefficient (Wildman–Crippen LogP) is 3.17. The minimum absolute atomic E-state index is 0.0542. The first kappa shape index (κ1) is 16.9. The number of hydrogen-bond acceptors (Lipinski definition) is 4. The minimum atomic E-state index is -5.10. The Morgan fingerprint density at radius 2 is 1.86 bits per heavy atom. The summed E-state index contributed by atoms with van der Waals surface area (Å²) in [5.41, 5.74) is -3.86. The first-order valence-corrected chi connectivity index (χ1v) is 6.58. The van der Waals surface area contributed by atoms with Gasteiger partial charge in [0.1, 0.15) is 0 Å². The number of aromatic hydroxyl groups is 1. The number of carbonyl (C=O) groups excluding carboxylic acids is 1. The number of hydrogen-bond donors (Lipinski definition) is 2. The van der Waals surface area contributed by atoms with Crippen molar-refractivity contribution in [2.45, 2.75) is 25.2 Å². The Morgan fingerprint density at radius 3 is 2.32 bits per heavy atom. The Hall–Kier alpha value is -1.51. The molecule has 0 bridgehead atoms. The van der Waals surface area contributed by atoms with E-state index in [9.17, 15) is 28.2 Å². The van der Waals surface area contributed by atoms with Crippen molar-refractivity contribution in [3.63, 3.8) is 0 Å². The normalized spacial score (nSPS) is 22.0. The van der Waals surface area contributed by atoms with Crippen LogP contribution in [0.5, 0.6) is 5.75 Å². The molecule has 0 saturated carbocycles. The van der Waals surface area contributed by atoms with Crippen LogP contribution >= 0.6 is 23.2 Å². The third kappa shape index (κ3) is 2.62.